The second kappa shape index (κ2) is 11.0. The van der Waals surface area contributed by atoms with Crippen molar-refractivity contribution in [1.82, 2.24) is 0 Å². The number of hydrogen-bond acceptors (Lipinski definition) is 5. The van der Waals surface area contributed by atoms with Gasteiger partial charge in [-0.15, -0.1) is 0 Å². The molecule has 1 heterocycles. The maximum Gasteiger partial charge on any atom is 0.300 e. The average Bonchev–Trinajstić information content (AvgIpc) is 3.17. The summed E-state index contributed by atoms with van der Waals surface area (Å²) in [6.07, 6.45) is 0. The number of Topliss-reactive ketones (excluding diaryl/α,β-unsaturated/α-hetero) is 1. The number of amides is 1. The molecule has 4 rings (SSSR count). The van der Waals surface area contributed by atoms with Crippen LogP contribution in [0, 0.1) is 12.8 Å². The molecule has 0 saturated carbocycles. The van der Waals surface area contributed by atoms with Gasteiger partial charge in [-0.2, -0.15) is 0 Å². The van der Waals surface area contributed by atoms with Crippen LogP contribution in [-0.2, 0) is 15.0 Å². The highest BCUT2D eigenvalue weighted by atomic mass is 16.5. The summed E-state index contributed by atoms with van der Waals surface area (Å²) in [4.78, 5) is 28.4. The number of aliphatic hydroxyl groups excluding tert-OH is 1. The number of nitrogens with zero attached hydrogens (tertiary/aromatic N) is 1. The molecule has 3 aromatic rings. The maximum absolute atomic E-state index is 13.5. The number of carbonyl (C=O) groups is 2. The molecule has 1 N–H and O–H groups in total. The highest BCUT2D eigenvalue weighted by molar-refractivity contribution is 6.51. The molecule has 6 nitrogen and oxygen atoms in total. The number of anilines is 1. The molecule has 0 aliphatic carbocycles. The van der Waals surface area contributed by atoms with Gasteiger partial charge in [0.05, 0.1) is 25.3 Å². The molecule has 1 unspecified atom stereocenters. The van der Waals surface area contributed by atoms with Crippen molar-refractivity contribution < 1.29 is 24.2 Å². The van der Waals surface area contributed by atoms with Gasteiger partial charge in [-0.25, -0.2) is 0 Å². The van der Waals surface area contributed by atoms with Crippen LogP contribution in [-0.4, -0.2) is 30.5 Å². The van der Waals surface area contributed by atoms with Gasteiger partial charge >= 0.3 is 0 Å². The Labute approximate surface area is 230 Å². The Hall–Kier alpha value is -4.06. The third-order valence-electron chi connectivity index (χ3n) is 6.91. The van der Waals surface area contributed by atoms with E-state index in [0.717, 1.165) is 16.7 Å². The highest BCUT2D eigenvalue weighted by Gasteiger charge is 2.47. The van der Waals surface area contributed by atoms with Crippen molar-refractivity contribution in [1.29, 1.82) is 0 Å². The lowest BCUT2D eigenvalue weighted by Gasteiger charge is -2.26. The minimum absolute atomic E-state index is 0.0505. The highest BCUT2D eigenvalue weighted by Crippen LogP contribution is 2.43. The minimum atomic E-state index is -0.801. The summed E-state index contributed by atoms with van der Waals surface area (Å²) in [7, 11) is 1.57. The Morgan fingerprint density at radius 3 is 2.15 bits per heavy atom. The first-order valence-electron chi connectivity index (χ1n) is 13.2. The molecule has 1 aliphatic rings. The molecule has 6 heteroatoms. The van der Waals surface area contributed by atoms with Crippen molar-refractivity contribution in [3.8, 4) is 11.5 Å². The molecule has 0 radical (unpaired) electrons. The van der Waals surface area contributed by atoms with Gasteiger partial charge in [-0.05, 0) is 77.4 Å². The molecular weight excluding hydrogens is 490 g/mol. The zero-order chi connectivity index (χ0) is 28.5. The molecule has 1 fully saturated rings. The molecule has 39 heavy (non-hydrogen) atoms. The van der Waals surface area contributed by atoms with E-state index in [-0.39, 0.29) is 16.7 Å². The van der Waals surface area contributed by atoms with Gasteiger partial charge in [0.25, 0.3) is 11.7 Å². The van der Waals surface area contributed by atoms with Crippen LogP contribution in [0.3, 0.4) is 0 Å². The molecule has 1 aliphatic heterocycles. The van der Waals surface area contributed by atoms with E-state index in [0.29, 0.717) is 35.3 Å². The van der Waals surface area contributed by atoms with Crippen molar-refractivity contribution in [3.63, 3.8) is 0 Å². The Morgan fingerprint density at radius 1 is 0.974 bits per heavy atom. The summed E-state index contributed by atoms with van der Waals surface area (Å²) in [5.41, 5.74) is 3.66. The second-order valence-electron chi connectivity index (χ2n) is 11.4. The third-order valence-corrected chi connectivity index (χ3v) is 6.91. The zero-order valence-electron chi connectivity index (χ0n) is 23.7. The topological polar surface area (TPSA) is 76.1 Å². The van der Waals surface area contributed by atoms with Crippen LogP contribution in [0.2, 0.25) is 0 Å². The first-order chi connectivity index (χ1) is 18.4. The Kier molecular flexibility index (Phi) is 7.86. The molecule has 0 bridgehead atoms. The number of ketones is 1. The summed E-state index contributed by atoms with van der Waals surface area (Å²) in [5, 5.41) is 11.5. The number of benzene rings is 3. The summed E-state index contributed by atoms with van der Waals surface area (Å²) < 4.78 is 11.2. The minimum Gasteiger partial charge on any atom is -0.507 e. The van der Waals surface area contributed by atoms with E-state index >= 15 is 0 Å². The first-order valence-corrected chi connectivity index (χ1v) is 13.2. The van der Waals surface area contributed by atoms with Crippen LogP contribution in [0.5, 0.6) is 11.5 Å². The van der Waals surface area contributed by atoms with Gasteiger partial charge in [0.15, 0.2) is 0 Å². The first kappa shape index (κ1) is 28.0. The normalized spacial score (nSPS) is 17.1. The Balaban J connectivity index is 1.85. The fourth-order valence-corrected chi connectivity index (χ4v) is 4.69. The SMILES string of the molecule is COc1ccc(N2C(=O)C(=O)/C(=C(\O)c3ccc(OCC(C)C)c(C)c3)C2c2ccc(C(C)(C)C)cc2)cc1. The van der Waals surface area contributed by atoms with Crippen molar-refractivity contribution in [2.45, 2.75) is 53.0 Å². The lowest BCUT2D eigenvalue weighted by Crippen LogP contribution is -2.29. The molecule has 3 aromatic carbocycles. The number of hydrogen-bond donors (Lipinski definition) is 1. The molecule has 1 atom stereocenters. The average molecular weight is 528 g/mol. The van der Waals surface area contributed by atoms with Gasteiger partial charge in [-0.1, -0.05) is 58.9 Å². The van der Waals surface area contributed by atoms with E-state index in [2.05, 4.69) is 34.6 Å². The molecule has 1 saturated heterocycles. The van der Waals surface area contributed by atoms with E-state index in [4.69, 9.17) is 9.47 Å². The van der Waals surface area contributed by atoms with E-state index < -0.39 is 17.7 Å². The summed E-state index contributed by atoms with van der Waals surface area (Å²) in [6.45, 7) is 13.0. The van der Waals surface area contributed by atoms with Gasteiger partial charge in [0.1, 0.15) is 17.3 Å². The van der Waals surface area contributed by atoms with Crippen LogP contribution in [0.1, 0.15) is 62.9 Å². The smallest absolute Gasteiger partial charge is 0.300 e. The predicted octanol–water partition coefficient (Wildman–Crippen LogP) is 6.96. The van der Waals surface area contributed by atoms with Gasteiger partial charge in [0.2, 0.25) is 0 Å². The van der Waals surface area contributed by atoms with E-state index in [1.54, 1.807) is 49.6 Å². The van der Waals surface area contributed by atoms with E-state index in [9.17, 15) is 14.7 Å². The van der Waals surface area contributed by atoms with Gasteiger partial charge in [0, 0.05) is 11.3 Å². The fraction of sp³-hybridized carbons (Fsp3) is 0.333. The number of aliphatic hydroxyl groups is 1. The Morgan fingerprint density at radius 2 is 1.62 bits per heavy atom. The van der Waals surface area contributed by atoms with Crippen LogP contribution < -0.4 is 14.4 Å². The Bertz CT molecular complexity index is 1400. The summed E-state index contributed by atoms with van der Waals surface area (Å²) >= 11 is 0. The van der Waals surface area contributed by atoms with Crippen molar-refractivity contribution in [3.05, 3.63) is 94.6 Å². The van der Waals surface area contributed by atoms with Crippen LogP contribution in [0.15, 0.2) is 72.3 Å². The van der Waals surface area contributed by atoms with Crippen molar-refractivity contribution in [2.75, 3.05) is 18.6 Å². The number of carbonyl (C=O) groups excluding carboxylic acids is 2. The quantitative estimate of drug-likeness (QED) is 0.204. The molecule has 204 valence electrons. The van der Waals surface area contributed by atoms with Crippen LogP contribution >= 0.6 is 0 Å². The van der Waals surface area contributed by atoms with Crippen molar-refractivity contribution >= 4 is 23.1 Å². The summed E-state index contributed by atoms with van der Waals surface area (Å²) in [6, 6.07) is 19.3. The van der Waals surface area contributed by atoms with Gasteiger partial charge < -0.3 is 14.6 Å². The van der Waals surface area contributed by atoms with Crippen LogP contribution in [0.25, 0.3) is 5.76 Å². The summed E-state index contributed by atoms with van der Waals surface area (Å²) in [5.74, 6) is 0.0833. The molecular formula is C33H37NO5. The standard InChI is InChI=1S/C33H37NO5/c1-20(2)19-39-27-17-10-23(18-21(27)3)30(35)28-29(22-8-11-24(12-9-22)33(4,5)6)34(32(37)31(28)36)25-13-15-26(38-7)16-14-25/h8-18,20,29,35H,19H2,1-7H3/b30-28-. The fourth-order valence-electron chi connectivity index (χ4n) is 4.69. The molecule has 0 aromatic heterocycles. The third kappa shape index (κ3) is 5.70. The number of rotatable bonds is 7. The molecule has 1 amide bonds. The monoisotopic (exact) mass is 527 g/mol. The van der Waals surface area contributed by atoms with E-state index in [1.165, 1.54) is 4.90 Å². The lowest BCUT2D eigenvalue weighted by molar-refractivity contribution is -0.132. The number of aryl methyl sites for hydroxylation is 1. The maximum atomic E-state index is 13.5. The molecule has 0 spiro atoms. The van der Waals surface area contributed by atoms with E-state index in [1.807, 2.05) is 31.2 Å². The zero-order valence-corrected chi connectivity index (χ0v) is 23.7. The largest absolute Gasteiger partial charge is 0.507 e. The van der Waals surface area contributed by atoms with Crippen molar-refractivity contribution in [2.24, 2.45) is 5.92 Å². The van der Waals surface area contributed by atoms with Crippen LogP contribution in [0.4, 0.5) is 5.69 Å². The van der Waals surface area contributed by atoms with Gasteiger partial charge in [-0.3, -0.25) is 14.5 Å². The second-order valence-corrected chi connectivity index (χ2v) is 11.4. The predicted molar refractivity (Wildman–Crippen MR) is 154 cm³/mol. The number of methoxy groups -OCH3 is 1. The lowest BCUT2D eigenvalue weighted by atomic mass is 9.85. The number of ether oxygens (including phenoxy) is 2.